The van der Waals surface area contributed by atoms with Crippen LogP contribution in [0, 0.1) is 13.8 Å². The van der Waals surface area contributed by atoms with Gasteiger partial charge in [0.2, 0.25) is 0 Å². The van der Waals surface area contributed by atoms with E-state index in [1.54, 1.807) is 0 Å². The molecule has 0 amide bonds. The molecule has 1 atom stereocenters. The number of aryl methyl sites for hydroxylation is 2. The quantitative estimate of drug-likeness (QED) is 0.176. The molecule has 5 rings (SSSR count). The fourth-order valence-corrected chi connectivity index (χ4v) is 11.9. The summed E-state index contributed by atoms with van der Waals surface area (Å²) >= 11 is 6.31. The van der Waals surface area contributed by atoms with E-state index in [2.05, 4.69) is 132 Å². The molecule has 1 heterocycles. The van der Waals surface area contributed by atoms with Gasteiger partial charge in [-0.05, 0) is 0 Å². The third-order valence-corrected chi connectivity index (χ3v) is 14.3. The molecule has 4 aromatic carbocycles. The van der Waals surface area contributed by atoms with Crippen molar-refractivity contribution in [2.75, 3.05) is 0 Å². The summed E-state index contributed by atoms with van der Waals surface area (Å²) in [5.41, 5.74) is 6.15. The van der Waals surface area contributed by atoms with Crippen LogP contribution in [0.25, 0.3) is 0 Å². The molecule has 0 saturated carbocycles. The Balaban J connectivity index is 1.96. The number of allylic oxidation sites excluding steroid dienone is 4. The Morgan fingerprint density at radius 2 is 1.32 bits per heavy atom. The monoisotopic (exact) mass is 538 g/mol. The van der Waals surface area contributed by atoms with Crippen LogP contribution in [0.1, 0.15) is 55.5 Å². The fourth-order valence-electron chi connectivity index (χ4n) is 5.71. The van der Waals surface area contributed by atoms with Gasteiger partial charge in [-0.15, -0.1) is 0 Å². The second-order valence-corrected chi connectivity index (χ2v) is 15.4. The van der Waals surface area contributed by atoms with Crippen molar-refractivity contribution in [3.63, 3.8) is 0 Å². The van der Waals surface area contributed by atoms with Crippen molar-refractivity contribution in [2.45, 2.75) is 47.1 Å². The van der Waals surface area contributed by atoms with E-state index in [0.717, 1.165) is 17.0 Å². The molecule has 0 N–H and O–H groups in total. The molecule has 0 bridgehead atoms. The molecule has 1 unspecified atom stereocenters. The number of halogens is 1. The van der Waals surface area contributed by atoms with Crippen LogP contribution in [0.5, 0.6) is 0 Å². The van der Waals surface area contributed by atoms with Gasteiger partial charge < -0.3 is 0 Å². The number of hydrogen-bond donors (Lipinski definition) is 0. The molecule has 0 aromatic heterocycles. The predicted molar refractivity (Wildman–Crippen MR) is 167 cm³/mol. The minimum absolute atomic E-state index is 0.219. The van der Waals surface area contributed by atoms with Crippen LogP contribution in [0.15, 0.2) is 120 Å². The number of benzene rings is 4. The summed E-state index contributed by atoms with van der Waals surface area (Å²) in [7, 11) is 0. The molecule has 0 radical (unpaired) electrons. The first-order chi connectivity index (χ1) is 18.3. The first-order valence-corrected chi connectivity index (χ1v) is 15.9. The van der Waals surface area contributed by atoms with Gasteiger partial charge in [0.1, 0.15) is 0 Å². The Labute approximate surface area is 232 Å². The standard InChI is InChI=1S/C35H36ClOP/c1-6-25(2)11-16-28(5)38(31-21-12-26(3)13-22-31,32-23-14-27(4)15-24-32)34-10-8-7-9-33(34)35(37-38)29-17-19-30(36)20-18-29/h7-24,35H,6H2,1-5H3/b25-11-,28-16+. The van der Waals surface area contributed by atoms with Gasteiger partial charge in [-0.1, -0.05) is 0 Å². The Morgan fingerprint density at radius 1 is 0.763 bits per heavy atom. The van der Waals surface area contributed by atoms with Gasteiger partial charge in [0, 0.05) is 0 Å². The third kappa shape index (κ3) is 4.09. The van der Waals surface area contributed by atoms with E-state index in [0.29, 0.717) is 0 Å². The summed E-state index contributed by atoms with van der Waals surface area (Å²) in [4.78, 5) is 0. The Hall–Kier alpha value is -2.96. The second-order valence-electron chi connectivity index (χ2n) is 10.5. The molecule has 38 heavy (non-hydrogen) atoms. The zero-order valence-electron chi connectivity index (χ0n) is 22.9. The number of fused-ring (bicyclic) bond motifs is 1. The van der Waals surface area contributed by atoms with Crippen LogP contribution in [-0.2, 0) is 4.52 Å². The Bertz CT molecular complexity index is 1470. The molecule has 3 heteroatoms. The van der Waals surface area contributed by atoms with Crippen LogP contribution in [0.4, 0.5) is 0 Å². The summed E-state index contributed by atoms with van der Waals surface area (Å²) in [5.74, 6) is 0. The second kappa shape index (κ2) is 10.3. The summed E-state index contributed by atoms with van der Waals surface area (Å²) in [6.07, 6.45) is 5.38. The van der Waals surface area contributed by atoms with Crippen molar-refractivity contribution in [1.29, 1.82) is 0 Å². The van der Waals surface area contributed by atoms with E-state index in [1.165, 1.54) is 43.5 Å². The molecule has 1 aliphatic rings. The van der Waals surface area contributed by atoms with Crippen molar-refractivity contribution >= 4 is 34.3 Å². The SMILES string of the molecule is CC/C(C)=C\C=C(/C)P1(c2ccc(C)cc2)(c2ccc(C)cc2)OC(c2ccc(Cl)cc2)c2ccccc21. The van der Waals surface area contributed by atoms with Gasteiger partial charge >= 0.3 is 233 Å². The van der Waals surface area contributed by atoms with Gasteiger partial charge in [0.05, 0.1) is 0 Å². The average Bonchev–Trinajstić information content (AvgIpc) is 3.26. The Morgan fingerprint density at radius 3 is 1.87 bits per heavy atom. The van der Waals surface area contributed by atoms with Crippen molar-refractivity contribution in [2.24, 2.45) is 0 Å². The topological polar surface area (TPSA) is 9.23 Å². The predicted octanol–water partition coefficient (Wildman–Crippen LogP) is 9.08. The third-order valence-electron chi connectivity index (χ3n) is 8.06. The van der Waals surface area contributed by atoms with Crippen LogP contribution >= 0.6 is 18.4 Å². The minimum atomic E-state index is -3.59. The maximum absolute atomic E-state index is 7.80. The molecule has 1 nitrogen and oxygen atoms in total. The molecule has 0 aliphatic carbocycles. The van der Waals surface area contributed by atoms with Crippen LogP contribution in [0.3, 0.4) is 0 Å². The zero-order chi connectivity index (χ0) is 26.9. The van der Waals surface area contributed by atoms with E-state index in [-0.39, 0.29) is 6.10 Å². The first kappa shape index (κ1) is 26.6. The van der Waals surface area contributed by atoms with Crippen LogP contribution in [0.2, 0.25) is 5.02 Å². The zero-order valence-corrected chi connectivity index (χ0v) is 24.6. The van der Waals surface area contributed by atoms with Crippen molar-refractivity contribution in [3.05, 3.63) is 147 Å². The van der Waals surface area contributed by atoms with Gasteiger partial charge in [0.15, 0.2) is 0 Å². The molecule has 0 saturated heterocycles. The van der Waals surface area contributed by atoms with E-state index in [1.807, 2.05) is 12.1 Å². The van der Waals surface area contributed by atoms with Gasteiger partial charge in [-0.25, -0.2) is 0 Å². The van der Waals surface area contributed by atoms with E-state index in [4.69, 9.17) is 16.1 Å². The first-order valence-electron chi connectivity index (χ1n) is 13.3. The molecular formula is C35H36ClOP. The molecule has 1 aliphatic heterocycles. The van der Waals surface area contributed by atoms with Gasteiger partial charge in [-0.2, -0.15) is 0 Å². The summed E-state index contributed by atoms with van der Waals surface area (Å²) < 4.78 is 7.80. The maximum atomic E-state index is 7.80. The van der Waals surface area contributed by atoms with Crippen molar-refractivity contribution < 1.29 is 4.52 Å². The van der Waals surface area contributed by atoms with E-state index < -0.39 is 6.83 Å². The fraction of sp³-hybridized carbons (Fsp3) is 0.200. The van der Waals surface area contributed by atoms with Crippen LogP contribution in [-0.4, -0.2) is 0 Å². The summed E-state index contributed by atoms with van der Waals surface area (Å²) in [5, 5.41) is 5.71. The molecule has 194 valence electrons. The van der Waals surface area contributed by atoms with Gasteiger partial charge in [0.25, 0.3) is 0 Å². The molecule has 0 fully saturated rings. The van der Waals surface area contributed by atoms with Crippen molar-refractivity contribution in [3.8, 4) is 0 Å². The molecular weight excluding hydrogens is 503 g/mol. The Kier molecular flexibility index (Phi) is 7.23. The number of hydrogen-bond acceptors (Lipinski definition) is 1. The van der Waals surface area contributed by atoms with Crippen molar-refractivity contribution in [1.82, 2.24) is 0 Å². The summed E-state index contributed by atoms with van der Waals surface area (Å²) in [6, 6.07) is 35.0. The average molecular weight is 539 g/mol. The normalized spacial score (nSPS) is 19.4. The van der Waals surface area contributed by atoms with Crippen LogP contribution < -0.4 is 15.9 Å². The van der Waals surface area contributed by atoms with Gasteiger partial charge in [-0.3, -0.25) is 0 Å². The van der Waals surface area contributed by atoms with E-state index in [9.17, 15) is 0 Å². The molecule has 0 spiro atoms. The summed E-state index contributed by atoms with van der Waals surface area (Å²) in [6.45, 7) is 7.37. The molecule has 4 aromatic rings. The van der Waals surface area contributed by atoms with E-state index >= 15 is 0 Å². The number of rotatable bonds is 6.